The van der Waals surface area contributed by atoms with Crippen molar-refractivity contribution in [3.63, 3.8) is 0 Å². The Morgan fingerprint density at radius 2 is 1.95 bits per heavy atom. The molecular formula is C16H15BrClF. The quantitative estimate of drug-likeness (QED) is 0.621. The zero-order chi connectivity index (χ0) is 14.0. The van der Waals surface area contributed by atoms with Crippen LogP contribution in [0.1, 0.15) is 27.1 Å². The smallest absolute Gasteiger partial charge is 0.127 e. The summed E-state index contributed by atoms with van der Waals surface area (Å²) in [5.74, 6) is -0.248. The summed E-state index contributed by atoms with van der Waals surface area (Å²) in [6.07, 6.45) is 0.538. The number of halogens is 3. The Labute approximate surface area is 126 Å². The van der Waals surface area contributed by atoms with Gasteiger partial charge in [0.1, 0.15) is 5.82 Å². The maximum absolute atomic E-state index is 13.8. The predicted octanol–water partition coefficient (Wildman–Crippen LogP) is 5.77. The number of alkyl halides is 1. The third kappa shape index (κ3) is 3.37. The van der Waals surface area contributed by atoms with E-state index in [9.17, 15) is 4.39 Å². The molecule has 2 aromatic carbocycles. The van der Waals surface area contributed by atoms with Crippen LogP contribution in [0.2, 0.25) is 5.02 Å². The summed E-state index contributed by atoms with van der Waals surface area (Å²) < 4.78 is 13.8. The Bertz CT molecular complexity index is 575. The second-order valence-electron chi connectivity index (χ2n) is 4.73. The lowest BCUT2D eigenvalue weighted by atomic mass is 9.98. The standard InChI is InChI=1S/C16H15BrClF/c1-10-6-7-11(2)12(8-10)14(17)9-13-15(18)4-3-5-16(13)19/h3-8,14H,9H2,1-2H3. The summed E-state index contributed by atoms with van der Waals surface area (Å²) in [6, 6.07) is 11.1. The van der Waals surface area contributed by atoms with Gasteiger partial charge in [0, 0.05) is 15.4 Å². The number of hydrogen-bond donors (Lipinski definition) is 0. The largest absolute Gasteiger partial charge is 0.207 e. The molecule has 0 nitrogen and oxygen atoms in total. The first-order valence-corrected chi connectivity index (χ1v) is 7.42. The zero-order valence-electron chi connectivity index (χ0n) is 10.9. The lowest BCUT2D eigenvalue weighted by molar-refractivity contribution is 0.608. The molecule has 0 saturated heterocycles. The molecule has 2 aromatic rings. The van der Waals surface area contributed by atoms with E-state index in [4.69, 9.17) is 11.6 Å². The molecule has 0 aliphatic carbocycles. The molecule has 0 aliphatic rings. The lowest BCUT2D eigenvalue weighted by Gasteiger charge is -2.15. The van der Waals surface area contributed by atoms with Crippen molar-refractivity contribution in [3.05, 3.63) is 69.5 Å². The van der Waals surface area contributed by atoms with Gasteiger partial charge in [0.05, 0.1) is 0 Å². The van der Waals surface area contributed by atoms with Crippen molar-refractivity contribution < 1.29 is 4.39 Å². The highest BCUT2D eigenvalue weighted by Crippen LogP contribution is 2.33. The molecule has 0 amide bonds. The monoisotopic (exact) mass is 340 g/mol. The first-order chi connectivity index (χ1) is 8.99. The van der Waals surface area contributed by atoms with E-state index in [1.165, 1.54) is 22.8 Å². The van der Waals surface area contributed by atoms with Crippen LogP contribution in [0, 0.1) is 19.7 Å². The highest BCUT2D eigenvalue weighted by molar-refractivity contribution is 9.09. The summed E-state index contributed by atoms with van der Waals surface area (Å²) in [5.41, 5.74) is 4.14. The zero-order valence-corrected chi connectivity index (χ0v) is 13.2. The van der Waals surface area contributed by atoms with Crippen molar-refractivity contribution in [1.82, 2.24) is 0 Å². The maximum Gasteiger partial charge on any atom is 0.127 e. The average molecular weight is 342 g/mol. The van der Waals surface area contributed by atoms with Gasteiger partial charge in [0.25, 0.3) is 0 Å². The van der Waals surface area contributed by atoms with E-state index in [1.807, 2.05) is 0 Å². The van der Waals surface area contributed by atoms with E-state index < -0.39 is 0 Å². The summed E-state index contributed by atoms with van der Waals surface area (Å²) in [7, 11) is 0. The SMILES string of the molecule is Cc1ccc(C)c(C(Br)Cc2c(F)cccc2Cl)c1. The summed E-state index contributed by atoms with van der Waals surface area (Å²) in [5, 5.41) is 0.481. The molecule has 0 radical (unpaired) electrons. The molecule has 19 heavy (non-hydrogen) atoms. The number of aryl methyl sites for hydroxylation is 2. The van der Waals surface area contributed by atoms with Gasteiger partial charge in [0.15, 0.2) is 0 Å². The van der Waals surface area contributed by atoms with Crippen LogP contribution in [0.3, 0.4) is 0 Å². The van der Waals surface area contributed by atoms with Gasteiger partial charge in [-0.2, -0.15) is 0 Å². The van der Waals surface area contributed by atoms with Crippen molar-refractivity contribution in [2.75, 3.05) is 0 Å². The molecule has 0 saturated carbocycles. The molecule has 3 heteroatoms. The first-order valence-electron chi connectivity index (χ1n) is 6.13. The molecule has 100 valence electrons. The Morgan fingerprint density at radius 3 is 2.63 bits per heavy atom. The summed E-state index contributed by atoms with van der Waals surface area (Å²) >= 11 is 9.72. The van der Waals surface area contributed by atoms with Gasteiger partial charge < -0.3 is 0 Å². The van der Waals surface area contributed by atoms with E-state index in [-0.39, 0.29) is 10.6 Å². The van der Waals surface area contributed by atoms with Crippen LogP contribution in [-0.2, 0) is 6.42 Å². The van der Waals surface area contributed by atoms with Gasteiger partial charge in [-0.15, -0.1) is 0 Å². The van der Waals surface area contributed by atoms with Crippen molar-refractivity contribution >= 4 is 27.5 Å². The van der Waals surface area contributed by atoms with E-state index >= 15 is 0 Å². The van der Waals surface area contributed by atoms with Crippen molar-refractivity contribution in [1.29, 1.82) is 0 Å². The van der Waals surface area contributed by atoms with Crippen LogP contribution >= 0.6 is 27.5 Å². The highest BCUT2D eigenvalue weighted by atomic mass is 79.9. The van der Waals surface area contributed by atoms with Crippen LogP contribution in [0.25, 0.3) is 0 Å². The lowest BCUT2D eigenvalue weighted by Crippen LogP contribution is -2.01. The Hall–Kier alpha value is -0.860. The van der Waals surface area contributed by atoms with Gasteiger partial charge in [-0.1, -0.05) is 57.4 Å². The third-order valence-corrected chi connectivity index (χ3v) is 4.39. The topological polar surface area (TPSA) is 0 Å². The Kier molecular flexibility index (Phi) is 4.64. The minimum absolute atomic E-state index is 0.0572. The normalized spacial score (nSPS) is 12.5. The maximum atomic E-state index is 13.8. The molecule has 0 bridgehead atoms. The van der Waals surface area contributed by atoms with Crippen molar-refractivity contribution in [3.8, 4) is 0 Å². The molecular weight excluding hydrogens is 327 g/mol. The third-order valence-electron chi connectivity index (χ3n) is 3.22. The number of hydrogen-bond acceptors (Lipinski definition) is 0. The number of rotatable bonds is 3. The molecule has 0 fully saturated rings. The molecule has 1 unspecified atom stereocenters. The van der Waals surface area contributed by atoms with E-state index in [0.29, 0.717) is 17.0 Å². The van der Waals surface area contributed by atoms with Gasteiger partial charge in [0.2, 0.25) is 0 Å². The van der Waals surface area contributed by atoms with Gasteiger partial charge in [-0.25, -0.2) is 4.39 Å². The number of benzene rings is 2. The van der Waals surface area contributed by atoms with Gasteiger partial charge >= 0.3 is 0 Å². The van der Waals surface area contributed by atoms with Crippen LogP contribution in [-0.4, -0.2) is 0 Å². The highest BCUT2D eigenvalue weighted by Gasteiger charge is 2.16. The van der Waals surface area contributed by atoms with Crippen LogP contribution in [0.4, 0.5) is 4.39 Å². The second-order valence-corrected chi connectivity index (χ2v) is 6.24. The fourth-order valence-corrected chi connectivity index (χ4v) is 3.17. The minimum Gasteiger partial charge on any atom is -0.207 e. The van der Waals surface area contributed by atoms with Crippen LogP contribution < -0.4 is 0 Å². The minimum atomic E-state index is -0.248. The van der Waals surface area contributed by atoms with Crippen molar-refractivity contribution in [2.24, 2.45) is 0 Å². The molecule has 0 heterocycles. The Balaban J connectivity index is 2.31. The van der Waals surface area contributed by atoms with Gasteiger partial charge in [-0.3, -0.25) is 0 Å². The molecule has 0 N–H and O–H groups in total. The molecule has 1 atom stereocenters. The predicted molar refractivity (Wildman–Crippen MR) is 82.7 cm³/mol. The molecule has 0 aliphatic heterocycles. The molecule has 0 spiro atoms. The average Bonchev–Trinajstić information content (AvgIpc) is 2.37. The van der Waals surface area contributed by atoms with Gasteiger partial charge in [-0.05, 0) is 43.5 Å². The summed E-state index contributed by atoms with van der Waals surface area (Å²) in [6.45, 7) is 4.12. The van der Waals surface area contributed by atoms with Crippen LogP contribution in [0.5, 0.6) is 0 Å². The van der Waals surface area contributed by atoms with E-state index in [1.54, 1.807) is 12.1 Å². The fourth-order valence-electron chi connectivity index (χ4n) is 2.11. The van der Waals surface area contributed by atoms with E-state index in [2.05, 4.69) is 48.0 Å². The van der Waals surface area contributed by atoms with Crippen LogP contribution in [0.15, 0.2) is 36.4 Å². The molecule has 0 aromatic heterocycles. The fraction of sp³-hybridized carbons (Fsp3) is 0.250. The molecule has 2 rings (SSSR count). The van der Waals surface area contributed by atoms with Crippen molar-refractivity contribution in [2.45, 2.75) is 25.1 Å². The summed E-state index contributed by atoms with van der Waals surface area (Å²) in [4.78, 5) is 0.0572. The first kappa shape index (κ1) is 14.5. The Morgan fingerprint density at radius 1 is 1.21 bits per heavy atom. The van der Waals surface area contributed by atoms with E-state index in [0.717, 1.165) is 0 Å². The second kappa shape index (κ2) is 6.06.